The molecule has 0 spiro atoms. The molecule has 0 N–H and O–H groups in total. The molecule has 0 atom stereocenters. The molecule has 0 aliphatic carbocycles. The van der Waals surface area contributed by atoms with E-state index < -0.39 is 0 Å². The van der Waals surface area contributed by atoms with Gasteiger partial charge in [-0.2, -0.15) is 0 Å². The average molecular weight is 205 g/mol. The van der Waals surface area contributed by atoms with Crippen molar-refractivity contribution in [3.63, 3.8) is 0 Å². The van der Waals surface area contributed by atoms with Crippen LogP contribution in [0.1, 0.15) is 11.1 Å². The molecule has 0 unspecified atom stereocenters. The van der Waals surface area contributed by atoms with E-state index in [2.05, 4.69) is 37.4 Å². The smallest absolute Gasteiger partial charge is 0.00990 e. The summed E-state index contributed by atoms with van der Waals surface area (Å²) >= 11 is 0. The van der Waals surface area contributed by atoms with E-state index in [1.165, 1.54) is 11.1 Å². The summed E-state index contributed by atoms with van der Waals surface area (Å²) in [5.41, 5.74) is 4.44. The zero-order valence-electron chi connectivity index (χ0n) is 9.11. The van der Waals surface area contributed by atoms with Crippen molar-refractivity contribution in [2.24, 2.45) is 0 Å². The molecule has 0 saturated heterocycles. The van der Waals surface area contributed by atoms with Crippen LogP contribution < -0.4 is 0 Å². The van der Waals surface area contributed by atoms with Gasteiger partial charge in [-0.05, 0) is 28.3 Å². The van der Waals surface area contributed by atoms with Crippen LogP contribution in [0.4, 0.5) is 0 Å². The van der Waals surface area contributed by atoms with E-state index in [-0.39, 0.29) is 0 Å². The quantitative estimate of drug-likeness (QED) is 0.695. The van der Waals surface area contributed by atoms with Crippen LogP contribution in [0.25, 0.3) is 23.3 Å². The molecule has 16 heavy (non-hydrogen) atoms. The largest absolute Gasteiger partial charge is 0.0984 e. The van der Waals surface area contributed by atoms with Crippen molar-refractivity contribution in [3.8, 4) is 11.1 Å². The van der Waals surface area contributed by atoms with Crippen molar-refractivity contribution >= 4 is 12.2 Å². The first-order valence-corrected chi connectivity index (χ1v) is 5.22. The zero-order chi connectivity index (χ0) is 11.4. The molecule has 0 bridgehead atoms. The third kappa shape index (κ3) is 1.82. The molecule has 2 aromatic carbocycles. The molecule has 2 aromatic rings. The molecule has 0 nitrogen and oxygen atoms in total. The number of rotatable bonds is 3. The second kappa shape index (κ2) is 4.63. The van der Waals surface area contributed by atoms with Crippen LogP contribution in [0.15, 0.2) is 55.6 Å². The number of hydrogen-bond acceptors (Lipinski definition) is 0. The van der Waals surface area contributed by atoms with Crippen LogP contribution >= 0.6 is 0 Å². The van der Waals surface area contributed by atoms with Gasteiger partial charge in [0.05, 0.1) is 0 Å². The summed E-state index contributed by atoms with van der Waals surface area (Å²) in [6.45, 7) is 7.65. The normalized spacial score (nSPS) is 9.75. The maximum atomic E-state index is 3.86. The predicted molar refractivity (Wildman–Crippen MR) is 70.9 cm³/mol. The van der Waals surface area contributed by atoms with Crippen molar-refractivity contribution in [3.05, 3.63) is 72.8 Å². The molecule has 0 aromatic heterocycles. The van der Waals surface area contributed by atoms with Gasteiger partial charge in [0.25, 0.3) is 0 Å². The van der Waals surface area contributed by atoms with Gasteiger partial charge in [0.2, 0.25) is 0 Å². The van der Waals surface area contributed by atoms with Gasteiger partial charge in [-0.3, -0.25) is 0 Å². The molecule has 2 rings (SSSR count). The summed E-state index contributed by atoms with van der Waals surface area (Å²) in [6, 6.07) is 17.4. The van der Waals surface area contributed by atoms with Crippen LogP contribution in [0.3, 0.4) is 0 Å². The van der Waals surface area contributed by atoms with Crippen LogP contribution in [0.2, 0.25) is 0 Å². The lowest BCUT2D eigenvalue weighted by Gasteiger charge is -2.08. The van der Waals surface area contributed by atoms with Crippen molar-refractivity contribution < 1.29 is 0 Å². The van der Waals surface area contributed by atoms with Crippen molar-refractivity contribution in [1.29, 1.82) is 0 Å². The molecule has 0 aliphatic rings. The standard InChI is InChI=1S/C16H13/c1-3-13-11-8-12-16(15(13)4-2)14-9-6-5-7-10-14/h3-10,12H,1-2H2. The molecule has 1 radical (unpaired) electrons. The van der Waals surface area contributed by atoms with Gasteiger partial charge in [-0.15, -0.1) is 0 Å². The van der Waals surface area contributed by atoms with Crippen LogP contribution in [0, 0.1) is 6.07 Å². The first-order valence-electron chi connectivity index (χ1n) is 5.22. The fraction of sp³-hybridized carbons (Fsp3) is 0. The lowest BCUT2D eigenvalue weighted by Crippen LogP contribution is -1.87. The van der Waals surface area contributed by atoms with Crippen LogP contribution in [-0.4, -0.2) is 0 Å². The molecule has 0 amide bonds. The van der Waals surface area contributed by atoms with E-state index in [4.69, 9.17) is 0 Å². The predicted octanol–water partition coefficient (Wildman–Crippen LogP) is 4.44. The molecule has 0 heterocycles. The van der Waals surface area contributed by atoms with E-state index >= 15 is 0 Å². The topological polar surface area (TPSA) is 0 Å². The van der Waals surface area contributed by atoms with Gasteiger partial charge < -0.3 is 0 Å². The summed E-state index contributed by atoms with van der Waals surface area (Å²) in [4.78, 5) is 0. The Kier molecular flexibility index (Phi) is 3.02. The van der Waals surface area contributed by atoms with Crippen molar-refractivity contribution in [1.82, 2.24) is 0 Å². The minimum atomic E-state index is 0.997. The first kappa shape index (κ1) is 10.4. The highest BCUT2D eigenvalue weighted by molar-refractivity contribution is 5.80. The summed E-state index contributed by atoms with van der Waals surface area (Å²) in [6.07, 6.45) is 3.67. The first-order chi connectivity index (χ1) is 7.86. The Balaban J connectivity index is 2.66. The SMILES string of the molecule is C=Cc1[c]ccc(-c2ccccc2)c1C=C. The maximum absolute atomic E-state index is 3.86. The van der Waals surface area contributed by atoms with Crippen molar-refractivity contribution in [2.75, 3.05) is 0 Å². The Morgan fingerprint density at radius 1 is 0.938 bits per heavy atom. The highest BCUT2D eigenvalue weighted by Crippen LogP contribution is 2.27. The number of benzene rings is 2. The Morgan fingerprint density at radius 3 is 2.31 bits per heavy atom. The van der Waals surface area contributed by atoms with Gasteiger partial charge in [0.1, 0.15) is 0 Å². The fourth-order valence-corrected chi connectivity index (χ4v) is 1.79. The maximum Gasteiger partial charge on any atom is -0.00990 e. The fourth-order valence-electron chi connectivity index (χ4n) is 1.79. The Labute approximate surface area is 96.6 Å². The molecule has 0 heteroatoms. The molecule has 77 valence electrons. The van der Waals surface area contributed by atoms with Gasteiger partial charge in [-0.1, -0.05) is 67.8 Å². The minimum absolute atomic E-state index is 0.997. The Bertz CT molecular complexity index is 507. The second-order valence-corrected chi connectivity index (χ2v) is 3.49. The number of hydrogen-bond donors (Lipinski definition) is 0. The Morgan fingerprint density at radius 2 is 1.69 bits per heavy atom. The van der Waals surface area contributed by atoms with E-state index in [1.54, 1.807) is 0 Å². The van der Waals surface area contributed by atoms with Crippen LogP contribution in [0.5, 0.6) is 0 Å². The highest BCUT2D eigenvalue weighted by Gasteiger charge is 2.04. The Hall–Kier alpha value is -2.08. The molecular formula is C16H13. The molecule has 0 fully saturated rings. The van der Waals surface area contributed by atoms with Gasteiger partial charge >= 0.3 is 0 Å². The molecular weight excluding hydrogens is 192 g/mol. The minimum Gasteiger partial charge on any atom is -0.0984 e. The van der Waals surface area contributed by atoms with E-state index in [9.17, 15) is 0 Å². The summed E-state index contributed by atoms with van der Waals surface area (Å²) in [5.74, 6) is 0. The van der Waals surface area contributed by atoms with Gasteiger partial charge in [0.15, 0.2) is 0 Å². The van der Waals surface area contributed by atoms with E-state index in [1.807, 2.05) is 36.4 Å². The van der Waals surface area contributed by atoms with E-state index in [0.29, 0.717) is 0 Å². The van der Waals surface area contributed by atoms with Crippen LogP contribution in [-0.2, 0) is 0 Å². The second-order valence-electron chi connectivity index (χ2n) is 3.49. The van der Waals surface area contributed by atoms with E-state index in [0.717, 1.165) is 11.1 Å². The summed E-state index contributed by atoms with van der Waals surface area (Å²) in [5, 5.41) is 0. The monoisotopic (exact) mass is 205 g/mol. The van der Waals surface area contributed by atoms with Gasteiger partial charge in [0, 0.05) is 0 Å². The van der Waals surface area contributed by atoms with Crippen molar-refractivity contribution in [2.45, 2.75) is 0 Å². The highest BCUT2D eigenvalue weighted by atomic mass is 14.1. The lowest BCUT2D eigenvalue weighted by molar-refractivity contribution is 1.56. The summed E-state index contributed by atoms with van der Waals surface area (Å²) in [7, 11) is 0. The average Bonchev–Trinajstić information content (AvgIpc) is 2.38. The third-order valence-corrected chi connectivity index (χ3v) is 2.56. The lowest BCUT2D eigenvalue weighted by atomic mass is 9.95. The third-order valence-electron chi connectivity index (χ3n) is 2.56. The van der Waals surface area contributed by atoms with Gasteiger partial charge in [-0.25, -0.2) is 0 Å². The molecule has 0 aliphatic heterocycles. The zero-order valence-corrected chi connectivity index (χ0v) is 9.11. The molecule has 0 saturated carbocycles. The summed E-state index contributed by atoms with van der Waals surface area (Å²) < 4.78 is 0.